The molecular formula is C10H15N3. The van der Waals surface area contributed by atoms with E-state index in [1.807, 2.05) is 12.1 Å². The summed E-state index contributed by atoms with van der Waals surface area (Å²) in [6.45, 7) is 0. The van der Waals surface area contributed by atoms with E-state index in [1.54, 1.807) is 6.20 Å². The Morgan fingerprint density at radius 3 is 2.77 bits per heavy atom. The van der Waals surface area contributed by atoms with Crippen molar-refractivity contribution in [1.82, 2.24) is 10.2 Å². The summed E-state index contributed by atoms with van der Waals surface area (Å²) in [5.74, 6) is 0.995. The average molecular weight is 177 g/mol. The fraction of sp³-hybridized carbons (Fsp3) is 0.600. The molecule has 3 nitrogen and oxygen atoms in total. The first-order valence-corrected chi connectivity index (χ1v) is 4.88. The molecule has 0 N–H and O–H groups in total. The van der Waals surface area contributed by atoms with Crippen LogP contribution >= 0.6 is 0 Å². The molecule has 1 saturated carbocycles. The summed E-state index contributed by atoms with van der Waals surface area (Å²) in [5, 5.41) is 7.98. The van der Waals surface area contributed by atoms with E-state index in [0.29, 0.717) is 6.04 Å². The molecule has 1 aromatic heterocycles. The van der Waals surface area contributed by atoms with Gasteiger partial charge in [0.2, 0.25) is 0 Å². The van der Waals surface area contributed by atoms with E-state index in [0.717, 1.165) is 5.82 Å². The van der Waals surface area contributed by atoms with Crippen LogP contribution in [0.15, 0.2) is 18.3 Å². The standard InChI is InChI=1S/C10H15N3/c1-13(9-5-2-3-6-9)10-7-4-8-11-12-10/h4,7-9H,2-3,5-6H2,1H3. The average Bonchev–Trinajstić information content (AvgIpc) is 2.71. The van der Waals surface area contributed by atoms with Crippen molar-refractivity contribution in [1.29, 1.82) is 0 Å². The monoisotopic (exact) mass is 177 g/mol. The van der Waals surface area contributed by atoms with Crippen molar-refractivity contribution in [2.24, 2.45) is 0 Å². The van der Waals surface area contributed by atoms with Gasteiger partial charge in [-0.05, 0) is 25.0 Å². The van der Waals surface area contributed by atoms with E-state index in [2.05, 4.69) is 22.1 Å². The first kappa shape index (κ1) is 8.48. The summed E-state index contributed by atoms with van der Waals surface area (Å²) >= 11 is 0. The largest absolute Gasteiger partial charge is 0.355 e. The van der Waals surface area contributed by atoms with E-state index in [9.17, 15) is 0 Å². The molecule has 0 bridgehead atoms. The maximum absolute atomic E-state index is 4.10. The van der Waals surface area contributed by atoms with Gasteiger partial charge in [0.15, 0.2) is 5.82 Å². The minimum absolute atomic E-state index is 0.677. The lowest BCUT2D eigenvalue weighted by atomic mass is 10.2. The Bertz CT molecular complexity index is 254. The van der Waals surface area contributed by atoms with Crippen molar-refractivity contribution in [2.75, 3.05) is 11.9 Å². The third-order valence-electron chi connectivity index (χ3n) is 2.79. The number of nitrogens with zero attached hydrogens (tertiary/aromatic N) is 3. The second kappa shape index (κ2) is 3.73. The van der Waals surface area contributed by atoms with Crippen LogP contribution in [-0.4, -0.2) is 23.3 Å². The molecule has 0 radical (unpaired) electrons. The molecule has 0 saturated heterocycles. The molecule has 0 spiro atoms. The molecule has 0 atom stereocenters. The van der Waals surface area contributed by atoms with Crippen molar-refractivity contribution < 1.29 is 0 Å². The first-order chi connectivity index (χ1) is 6.38. The summed E-state index contributed by atoms with van der Waals surface area (Å²) in [6, 6.07) is 4.63. The Balaban J connectivity index is 2.08. The molecule has 1 aromatic rings. The summed E-state index contributed by atoms with van der Waals surface area (Å²) in [4.78, 5) is 2.25. The Kier molecular flexibility index (Phi) is 2.43. The predicted octanol–water partition coefficient (Wildman–Crippen LogP) is 1.86. The Morgan fingerprint density at radius 2 is 2.15 bits per heavy atom. The minimum atomic E-state index is 0.677. The van der Waals surface area contributed by atoms with Gasteiger partial charge in [-0.2, -0.15) is 5.10 Å². The van der Waals surface area contributed by atoms with Crippen LogP contribution in [0, 0.1) is 0 Å². The number of anilines is 1. The van der Waals surface area contributed by atoms with Gasteiger partial charge in [-0.3, -0.25) is 0 Å². The molecule has 13 heavy (non-hydrogen) atoms. The third-order valence-corrected chi connectivity index (χ3v) is 2.79. The van der Waals surface area contributed by atoms with Crippen molar-refractivity contribution in [2.45, 2.75) is 31.7 Å². The maximum atomic E-state index is 4.10. The van der Waals surface area contributed by atoms with Crippen LogP contribution in [0.4, 0.5) is 5.82 Å². The zero-order chi connectivity index (χ0) is 9.10. The Labute approximate surface area is 78.8 Å². The van der Waals surface area contributed by atoms with E-state index in [1.165, 1.54) is 25.7 Å². The second-order valence-corrected chi connectivity index (χ2v) is 3.63. The zero-order valence-electron chi connectivity index (χ0n) is 7.98. The van der Waals surface area contributed by atoms with Crippen LogP contribution in [0.3, 0.4) is 0 Å². The molecular weight excluding hydrogens is 162 g/mol. The van der Waals surface area contributed by atoms with E-state index in [-0.39, 0.29) is 0 Å². The van der Waals surface area contributed by atoms with E-state index in [4.69, 9.17) is 0 Å². The molecule has 2 rings (SSSR count). The van der Waals surface area contributed by atoms with Crippen molar-refractivity contribution in [3.63, 3.8) is 0 Å². The predicted molar refractivity (Wildman–Crippen MR) is 52.7 cm³/mol. The molecule has 0 aliphatic heterocycles. The molecule has 0 unspecified atom stereocenters. The van der Waals surface area contributed by atoms with Crippen LogP contribution in [0.1, 0.15) is 25.7 Å². The Morgan fingerprint density at radius 1 is 1.38 bits per heavy atom. The lowest BCUT2D eigenvalue weighted by Crippen LogP contribution is -2.29. The topological polar surface area (TPSA) is 29.0 Å². The summed E-state index contributed by atoms with van der Waals surface area (Å²) in [5.41, 5.74) is 0. The van der Waals surface area contributed by atoms with Crippen LogP contribution in [0.5, 0.6) is 0 Å². The maximum Gasteiger partial charge on any atom is 0.151 e. The molecule has 0 aromatic carbocycles. The van der Waals surface area contributed by atoms with Gasteiger partial charge in [0.05, 0.1) is 0 Å². The SMILES string of the molecule is CN(c1cccnn1)C1CCCC1. The lowest BCUT2D eigenvalue weighted by Gasteiger charge is -2.24. The fourth-order valence-electron chi connectivity index (χ4n) is 1.96. The van der Waals surface area contributed by atoms with Crippen LogP contribution in [-0.2, 0) is 0 Å². The summed E-state index contributed by atoms with van der Waals surface area (Å²) < 4.78 is 0. The molecule has 1 heterocycles. The lowest BCUT2D eigenvalue weighted by molar-refractivity contribution is 0.642. The van der Waals surface area contributed by atoms with Gasteiger partial charge in [0.25, 0.3) is 0 Å². The zero-order valence-corrected chi connectivity index (χ0v) is 7.98. The van der Waals surface area contributed by atoms with Gasteiger partial charge in [-0.1, -0.05) is 12.8 Å². The molecule has 1 aliphatic rings. The fourth-order valence-corrected chi connectivity index (χ4v) is 1.96. The minimum Gasteiger partial charge on any atom is -0.355 e. The highest BCUT2D eigenvalue weighted by Gasteiger charge is 2.20. The van der Waals surface area contributed by atoms with Crippen molar-refractivity contribution in [3.05, 3.63) is 18.3 Å². The van der Waals surface area contributed by atoms with E-state index >= 15 is 0 Å². The quantitative estimate of drug-likeness (QED) is 0.690. The molecule has 1 aliphatic carbocycles. The molecule has 0 amide bonds. The number of hydrogen-bond donors (Lipinski definition) is 0. The smallest absolute Gasteiger partial charge is 0.151 e. The summed E-state index contributed by atoms with van der Waals surface area (Å²) in [6.07, 6.45) is 7.02. The number of aromatic nitrogens is 2. The first-order valence-electron chi connectivity index (χ1n) is 4.88. The van der Waals surface area contributed by atoms with Crippen LogP contribution in [0.2, 0.25) is 0 Å². The number of hydrogen-bond acceptors (Lipinski definition) is 3. The molecule has 1 fully saturated rings. The van der Waals surface area contributed by atoms with Gasteiger partial charge in [0, 0.05) is 19.3 Å². The van der Waals surface area contributed by atoms with Gasteiger partial charge in [-0.25, -0.2) is 0 Å². The molecule has 3 heteroatoms. The van der Waals surface area contributed by atoms with Gasteiger partial charge < -0.3 is 4.90 Å². The van der Waals surface area contributed by atoms with Crippen LogP contribution in [0.25, 0.3) is 0 Å². The van der Waals surface area contributed by atoms with Crippen LogP contribution < -0.4 is 4.90 Å². The van der Waals surface area contributed by atoms with Gasteiger partial charge in [0.1, 0.15) is 0 Å². The molecule has 70 valence electrons. The third kappa shape index (κ3) is 1.79. The van der Waals surface area contributed by atoms with E-state index < -0.39 is 0 Å². The highest BCUT2D eigenvalue weighted by atomic mass is 15.3. The van der Waals surface area contributed by atoms with Gasteiger partial charge >= 0.3 is 0 Å². The van der Waals surface area contributed by atoms with Crippen molar-refractivity contribution >= 4 is 5.82 Å². The number of rotatable bonds is 2. The van der Waals surface area contributed by atoms with Crippen molar-refractivity contribution in [3.8, 4) is 0 Å². The normalized spacial score (nSPS) is 17.6. The second-order valence-electron chi connectivity index (χ2n) is 3.63. The summed E-state index contributed by atoms with van der Waals surface area (Å²) in [7, 11) is 2.11. The Hall–Kier alpha value is -1.12. The van der Waals surface area contributed by atoms with Gasteiger partial charge in [-0.15, -0.1) is 5.10 Å². The highest BCUT2D eigenvalue weighted by molar-refractivity contribution is 5.36. The highest BCUT2D eigenvalue weighted by Crippen LogP contribution is 2.24.